The van der Waals surface area contributed by atoms with Crippen LogP contribution in [0, 0.1) is 10.1 Å². The van der Waals surface area contributed by atoms with Crippen molar-refractivity contribution in [2.45, 2.75) is 6.54 Å². The highest BCUT2D eigenvalue weighted by atomic mass is 16.6. The van der Waals surface area contributed by atoms with Gasteiger partial charge >= 0.3 is 0 Å². The molecule has 1 aliphatic rings. The van der Waals surface area contributed by atoms with Crippen molar-refractivity contribution in [1.29, 1.82) is 0 Å². The van der Waals surface area contributed by atoms with Gasteiger partial charge in [0.15, 0.2) is 0 Å². The Morgan fingerprint density at radius 3 is 2.60 bits per heavy atom. The van der Waals surface area contributed by atoms with Crippen LogP contribution in [0.2, 0.25) is 0 Å². The predicted octanol–water partition coefficient (Wildman–Crippen LogP) is 1.41. The minimum atomic E-state index is -0.670. The molecule has 0 aliphatic carbocycles. The number of rotatable bonds is 5. The number of hydrogen-bond acceptors (Lipinski definition) is 6. The maximum absolute atomic E-state index is 11.4. The van der Waals surface area contributed by atoms with Gasteiger partial charge in [-0.15, -0.1) is 0 Å². The summed E-state index contributed by atoms with van der Waals surface area (Å²) in [6.07, 6.45) is 3.59. The van der Waals surface area contributed by atoms with E-state index in [1.807, 2.05) is 23.2 Å². The average molecular weight is 341 g/mol. The van der Waals surface area contributed by atoms with Crippen LogP contribution in [-0.4, -0.2) is 46.9 Å². The number of aromatic nitrogens is 1. The Bertz CT molecular complexity index is 773. The molecule has 1 aromatic heterocycles. The lowest BCUT2D eigenvalue weighted by molar-refractivity contribution is -0.384. The van der Waals surface area contributed by atoms with Gasteiger partial charge in [-0.1, -0.05) is 6.07 Å². The molecule has 0 atom stereocenters. The zero-order chi connectivity index (χ0) is 17.8. The molecule has 3 rings (SSSR count). The maximum Gasteiger partial charge on any atom is 0.293 e. The van der Waals surface area contributed by atoms with E-state index in [1.54, 1.807) is 12.3 Å². The van der Waals surface area contributed by atoms with Crippen molar-refractivity contribution >= 4 is 17.3 Å². The van der Waals surface area contributed by atoms with Gasteiger partial charge in [0.25, 0.3) is 5.69 Å². The summed E-state index contributed by atoms with van der Waals surface area (Å²) in [5.41, 5.74) is 6.94. The van der Waals surface area contributed by atoms with Crippen molar-refractivity contribution in [3.05, 3.63) is 64.0 Å². The molecule has 8 nitrogen and oxygen atoms in total. The first-order chi connectivity index (χ1) is 12.0. The van der Waals surface area contributed by atoms with Crippen LogP contribution in [0.25, 0.3) is 0 Å². The second-order valence-electron chi connectivity index (χ2n) is 5.95. The molecule has 2 N–H and O–H groups in total. The smallest absolute Gasteiger partial charge is 0.293 e. The summed E-state index contributed by atoms with van der Waals surface area (Å²) in [5, 5.41) is 11.4. The molecule has 0 unspecified atom stereocenters. The Balaban J connectivity index is 1.70. The van der Waals surface area contributed by atoms with Crippen LogP contribution in [0.1, 0.15) is 15.9 Å². The molecular formula is C17H19N5O3. The summed E-state index contributed by atoms with van der Waals surface area (Å²) in [5.74, 6) is -0.670. The van der Waals surface area contributed by atoms with E-state index in [1.165, 1.54) is 12.1 Å². The molecule has 1 aromatic carbocycles. The van der Waals surface area contributed by atoms with Crippen LogP contribution < -0.4 is 10.6 Å². The SMILES string of the molecule is NC(=O)c1ccc(N2CCN(Cc3cccnc3)CC2)c([N+](=O)[O-])c1. The zero-order valence-electron chi connectivity index (χ0n) is 13.7. The van der Waals surface area contributed by atoms with Crippen molar-refractivity contribution in [2.75, 3.05) is 31.1 Å². The van der Waals surface area contributed by atoms with Crippen molar-refractivity contribution in [1.82, 2.24) is 9.88 Å². The van der Waals surface area contributed by atoms with Gasteiger partial charge in [0, 0.05) is 56.7 Å². The lowest BCUT2D eigenvalue weighted by Gasteiger charge is -2.35. The van der Waals surface area contributed by atoms with E-state index >= 15 is 0 Å². The van der Waals surface area contributed by atoms with Gasteiger partial charge in [-0.25, -0.2) is 0 Å². The second kappa shape index (κ2) is 7.27. The number of piperazine rings is 1. The fourth-order valence-corrected chi connectivity index (χ4v) is 2.99. The number of carbonyl (C=O) groups excluding carboxylic acids is 1. The van der Waals surface area contributed by atoms with Crippen molar-refractivity contribution < 1.29 is 9.72 Å². The van der Waals surface area contributed by atoms with Crippen molar-refractivity contribution in [2.24, 2.45) is 5.73 Å². The molecule has 2 heterocycles. The summed E-state index contributed by atoms with van der Waals surface area (Å²) in [6.45, 7) is 3.76. The number of anilines is 1. The molecule has 1 amide bonds. The number of nitro groups is 1. The van der Waals surface area contributed by atoms with Crippen LogP contribution in [0.3, 0.4) is 0 Å². The standard InChI is InChI=1S/C17H19N5O3/c18-17(23)14-3-4-15(16(10-14)22(24)25)21-8-6-20(7-9-21)12-13-2-1-5-19-11-13/h1-5,10-11H,6-9,12H2,(H2,18,23). The molecule has 1 saturated heterocycles. The first kappa shape index (κ1) is 16.8. The van der Waals surface area contributed by atoms with E-state index in [4.69, 9.17) is 5.73 Å². The van der Waals surface area contributed by atoms with E-state index in [9.17, 15) is 14.9 Å². The fourth-order valence-electron chi connectivity index (χ4n) is 2.99. The van der Waals surface area contributed by atoms with E-state index in [0.717, 1.165) is 25.2 Å². The first-order valence-corrected chi connectivity index (χ1v) is 7.99. The highest BCUT2D eigenvalue weighted by Gasteiger charge is 2.24. The fraction of sp³-hybridized carbons (Fsp3) is 0.294. The third kappa shape index (κ3) is 3.92. The summed E-state index contributed by atoms with van der Waals surface area (Å²) in [6, 6.07) is 8.34. The van der Waals surface area contributed by atoms with Crippen LogP contribution in [0.4, 0.5) is 11.4 Å². The zero-order valence-corrected chi connectivity index (χ0v) is 13.7. The highest BCUT2D eigenvalue weighted by Crippen LogP contribution is 2.30. The Morgan fingerprint density at radius 2 is 2.00 bits per heavy atom. The predicted molar refractivity (Wildman–Crippen MR) is 93.3 cm³/mol. The molecule has 130 valence electrons. The van der Waals surface area contributed by atoms with Crippen LogP contribution in [-0.2, 0) is 6.54 Å². The lowest BCUT2D eigenvalue weighted by Crippen LogP contribution is -2.46. The molecule has 1 aliphatic heterocycles. The number of pyridine rings is 1. The normalized spacial score (nSPS) is 15.1. The molecule has 2 aromatic rings. The minimum absolute atomic E-state index is 0.0861. The van der Waals surface area contributed by atoms with Gasteiger partial charge in [-0.2, -0.15) is 0 Å². The number of primary amides is 1. The quantitative estimate of drug-likeness (QED) is 0.651. The molecular weight excluding hydrogens is 322 g/mol. The number of amides is 1. The van der Waals surface area contributed by atoms with Crippen molar-refractivity contribution in [3.63, 3.8) is 0 Å². The number of carbonyl (C=O) groups is 1. The molecule has 0 spiro atoms. The van der Waals surface area contributed by atoms with E-state index in [-0.39, 0.29) is 11.3 Å². The summed E-state index contributed by atoms with van der Waals surface area (Å²) in [7, 11) is 0. The summed E-state index contributed by atoms with van der Waals surface area (Å²) < 4.78 is 0. The molecule has 0 bridgehead atoms. The Morgan fingerprint density at radius 1 is 1.24 bits per heavy atom. The number of nitrogens with two attached hydrogens (primary N) is 1. The van der Waals surface area contributed by atoms with E-state index in [2.05, 4.69) is 9.88 Å². The molecule has 25 heavy (non-hydrogen) atoms. The average Bonchev–Trinajstić information content (AvgIpc) is 2.62. The number of nitro benzene ring substituents is 1. The van der Waals surface area contributed by atoms with Crippen LogP contribution >= 0.6 is 0 Å². The van der Waals surface area contributed by atoms with Gasteiger partial charge in [0.1, 0.15) is 5.69 Å². The van der Waals surface area contributed by atoms with E-state index < -0.39 is 10.8 Å². The monoisotopic (exact) mass is 341 g/mol. The van der Waals surface area contributed by atoms with E-state index in [0.29, 0.717) is 18.8 Å². The molecule has 1 fully saturated rings. The molecule has 8 heteroatoms. The minimum Gasteiger partial charge on any atom is -0.366 e. The van der Waals surface area contributed by atoms with Gasteiger partial charge < -0.3 is 10.6 Å². The van der Waals surface area contributed by atoms with Gasteiger partial charge in [0.05, 0.1) is 4.92 Å². The van der Waals surface area contributed by atoms with Crippen molar-refractivity contribution in [3.8, 4) is 0 Å². The largest absolute Gasteiger partial charge is 0.366 e. The van der Waals surface area contributed by atoms with Gasteiger partial charge in [0.2, 0.25) is 5.91 Å². The number of benzene rings is 1. The Kier molecular flexibility index (Phi) is 4.90. The second-order valence-corrected chi connectivity index (χ2v) is 5.95. The molecule has 0 radical (unpaired) electrons. The topological polar surface area (TPSA) is 106 Å². The Labute approximate surface area is 145 Å². The summed E-state index contributed by atoms with van der Waals surface area (Å²) in [4.78, 5) is 30.5. The summed E-state index contributed by atoms with van der Waals surface area (Å²) >= 11 is 0. The first-order valence-electron chi connectivity index (χ1n) is 7.99. The lowest BCUT2D eigenvalue weighted by atomic mass is 10.1. The number of nitrogens with zero attached hydrogens (tertiary/aromatic N) is 4. The molecule has 0 saturated carbocycles. The van der Waals surface area contributed by atoms with Crippen LogP contribution in [0.15, 0.2) is 42.7 Å². The van der Waals surface area contributed by atoms with Gasteiger partial charge in [-0.05, 0) is 23.8 Å². The number of hydrogen-bond donors (Lipinski definition) is 1. The third-order valence-corrected chi connectivity index (χ3v) is 4.30. The Hall–Kier alpha value is -3.00. The highest BCUT2D eigenvalue weighted by molar-refractivity contribution is 5.94. The van der Waals surface area contributed by atoms with Crippen LogP contribution in [0.5, 0.6) is 0 Å². The van der Waals surface area contributed by atoms with Gasteiger partial charge in [-0.3, -0.25) is 24.8 Å². The third-order valence-electron chi connectivity index (χ3n) is 4.30. The maximum atomic E-state index is 11.4.